The molecule has 210 valence electrons. The summed E-state index contributed by atoms with van der Waals surface area (Å²) in [7, 11) is 1.89. The molecule has 0 saturated carbocycles. The van der Waals surface area contributed by atoms with Crippen molar-refractivity contribution in [2.24, 2.45) is 18.0 Å². The molecular formula is C32H36N8O. The maximum Gasteiger partial charge on any atom is 0.322 e. The number of aryl methyl sites for hydroxylation is 2. The molecule has 41 heavy (non-hydrogen) atoms. The predicted octanol–water partition coefficient (Wildman–Crippen LogP) is 6.37. The topological polar surface area (TPSA) is 112 Å². The van der Waals surface area contributed by atoms with Crippen LogP contribution in [0.5, 0.6) is 0 Å². The molecule has 1 N–H and O–H groups in total. The Balaban J connectivity index is 1.45. The third kappa shape index (κ3) is 8.57. The fourth-order valence-corrected chi connectivity index (χ4v) is 4.60. The molecule has 2 amide bonds. The number of anilines is 1. The zero-order valence-electron chi connectivity index (χ0n) is 23.9. The highest BCUT2D eigenvalue weighted by Gasteiger charge is 2.17. The summed E-state index contributed by atoms with van der Waals surface area (Å²) in [4.78, 5) is 28.5. The number of urea groups is 1. The third-order valence-electron chi connectivity index (χ3n) is 6.74. The minimum atomic E-state index is -0.162. The van der Waals surface area contributed by atoms with Gasteiger partial charge in [-0.25, -0.2) is 14.8 Å². The summed E-state index contributed by atoms with van der Waals surface area (Å²) in [6.45, 7) is 5.01. The van der Waals surface area contributed by atoms with E-state index in [1.165, 1.54) is 6.20 Å². The van der Waals surface area contributed by atoms with E-state index in [1.807, 2.05) is 75.0 Å². The molecule has 4 rings (SSSR count). The van der Waals surface area contributed by atoms with Gasteiger partial charge in [0.2, 0.25) is 0 Å². The van der Waals surface area contributed by atoms with Crippen molar-refractivity contribution in [3.8, 4) is 17.2 Å². The Morgan fingerprint density at radius 2 is 1.95 bits per heavy atom. The fourth-order valence-electron chi connectivity index (χ4n) is 4.60. The summed E-state index contributed by atoms with van der Waals surface area (Å²) in [5.41, 5.74) is 5.15. The van der Waals surface area contributed by atoms with Crippen LogP contribution in [0.2, 0.25) is 0 Å². The van der Waals surface area contributed by atoms with E-state index in [-0.39, 0.29) is 11.9 Å². The molecule has 9 heteroatoms. The van der Waals surface area contributed by atoms with Gasteiger partial charge in [0.25, 0.3) is 0 Å². The first-order chi connectivity index (χ1) is 19.9. The van der Waals surface area contributed by atoms with Gasteiger partial charge >= 0.3 is 6.03 Å². The Morgan fingerprint density at radius 3 is 2.61 bits per heavy atom. The molecule has 0 aliphatic heterocycles. The molecule has 1 atom stereocenters. The van der Waals surface area contributed by atoms with Gasteiger partial charge < -0.3 is 5.32 Å². The maximum atomic E-state index is 13.4. The van der Waals surface area contributed by atoms with Gasteiger partial charge in [0.1, 0.15) is 6.07 Å². The van der Waals surface area contributed by atoms with Crippen LogP contribution in [0, 0.1) is 24.2 Å². The first-order valence-corrected chi connectivity index (χ1v) is 13.9. The molecule has 0 aliphatic carbocycles. The van der Waals surface area contributed by atoms with Crippen LogP contribution in [0.3, 0.4) is 0 Å². The molecule has 0 saturated heterocycles. The number of benzene rings is 1. The number of hydrogen-bond donors (Lipinski definition) is 1. The van der Waals surface area contributed by atoms with Crippen LogP contribution in [0.15, 0.2) is 78.2 Å². The second-order valence-corrected chi connectivity index (χ2v) is 10.0. The highest BCUT2D eigenvalue weighted by Crippen LogP contribution is 2.24. The number of nitriles is 1. The van der Waals surface area contributed by atoms with E-state index in [4.69, 9.17) is 5.26 Å². The van der Waals surface area contributed by atoms with E-state index in [0.717, 1.165) is 53.9 Å². The first-order valence-electron chi connectivity index (χ1n) is 13.9. The van der Waals surface area contributed by atoms with Gasteiger partial charge in [-0.15, -0.1) is 0 Å². The number of carbonyl (C=O) groups excluding carboxylic acids is 1. The van der Waals surface area contributed by atoms with Crippen molar-refractivity contribution >= 4 is 23.8 Å². The molecule has 3 aromatic heterocycles. The van der Waals surface area contributed by atoms with Crippen LogP contribution in [0.4, 0.5) is 16.3 Å². The highest BCUT2D eigenvalue weighted by atomic mass is 16.2. The summed E-state index contributed by atoms with van der Waals surface area (Å²) in [5.74, 6) is 0.844. The van der Waals surface area contributed by atoms with Crippen molar-refractivity contribution < 1.29 is 4.79 Å². The second-order valence-electron chi connectivity index (χ2n) is 10.0. The van der Waals surface area contributed by atoms with Gasteiger partial charge in [0.15, 0.2) is 5.82 Å². The van der Waals surface area contributed by atoms with Crippen LogP contribution in [0.1, 0.15) is 49.6 Å². The number of aliphatic imine (C=N–C) groups is 1. The van der Waals surface area contributed by atoms with Crippen molar-refractivity contribution in [3.63, 3.8) is 0 Å². The summed E-state index contributed by atoms with van der Waals surface area (Å²) in [6, 6.07) is 19.2. The molecule has 0 bridgehead atoms. The molecule has 1 unspecified atom stereocenters. The molecule has 0 spiro atoms. The van der Waals surface area contributed by atoms with Crippen molar-refractivity contribution in [1.29, 1.82) is 5.26 Å². The summed E-state index contributed by atoms with van der Waals surface area (Å²) >= 11 is 0. The monoisotopic (exact) mass is 548 g/mol. The van der Waals surface area contributed by atoms with E-state index >= 15 is 0 Å². The number of pyridine rings is 2. The first kappa shape index (κ1) is 29.2. The SMILES string of the molecule is CCCC(/C=N\c1ccc(C#N)cn1)CCCN(C(=O)NCc1cccc(C)n1)c1ccc(-c2cnn(C)c2)cc1. The fraction of sp³-hybridized carbons (Fsp3) is 0.312. The van der Waals surface area contributed by atoms with Crippen molar-refractivity contribution in [2.45, 2.75) is 46.1 Å². The number of amides is 2. The minimum absolute atomic E-state index is 0.162. The maximum absolute atomic E-state index is 13.4. The largest absolute Gasteiger partial charge is 0.332 e. The van der Waals surface area contributed by atoms with Crippen LogP contribution in [-0.4, -0.2) is 38.5 Å². The number of aromatic nitrogens is 4. The predicted molar refractivity (Wildman–Crippen MR) is 162 cm³/mol. The number of nitrogens with zero attached hydrogens (tertiary/aromatic N) is 7. The minimum Gasteiger partial charge on any atom is -0.332 e. The van der Waals surface area contributed by atoms with E-state index in [1.54, 1.807) is 21.7 Å². The standard InChI is InChI=1S/C32H36N8O/c1-4-7-25(19-34-31-16-11-26(18-33)20-35-31)9-6-17-40(32(41)36-22-29-10-5-8-24(2)38-29)30-14-12-27(13-15-30)28-21-37-39(3)23-28/h5,8,10-16,19-21,23,25H,4,6-7,9,17,22H2,1-3H3,(H,36,41)/b34-19-. The van der Waals surface area contributed by atoms with Crippen molar-refractivity contribution in [3.05, 3.63) is 90.1 Å². The lowest BCUT2D eigenvalue weighted by atomic mass is 9.99. The van der Waals surface area contributed by atoms with Gasteiger partial charge in [-0.2, -0.15) is 10.4 Å². The third-order valence-corrected chi connectivity index (χ3v) is 6.74. The van der Waals surface area contributed by atoms with Crippen molar-refractivity contribution in [2.75, 3.05) is 11.4 Å². The number of rotatable bonds is 12. The summed E-state index contributed by atoms with van der Waals surface area (Å²) in [5, 5.41) is 16.3. The zero-order valence-corrected chi connectivity index (χ0v) is 23.9. The normalized spacial score (nSPS) is 11.8. The van der Waals surface area contributed by atoms with Crippen LogP contribution in [0.25, 0.3) is 11.1 Å². The molecule has 3 heterocycles. The molecule has 4 aromatic rings. The Morgan fingerprint density at radius 1 is 1.12 bits per heavy atom. The number of nitrogens with one attached hydrogen (secondary N) is 1. The van der Waals surface area contributed by atoms with E-state index < -0.39 is 0 Å². The van der Waals surface area contributed by atoms with Gasteiger partial charge in [-0.05, 0) is 74.1 Å². The second kappa shape index (κ2) is 14.5. The number of carbonyl (C=O) groups is 1. The van der Waals surface area contributed by atoms with Gasteiger partial charge in [0.05, 0.1) is 24.0 Å². The molecule has 0 fully saturated rings. The Bertz CT molecular complexity index is 1490. The van der Waals surface area contributed by atoms with Gasteiger partial charge in [-0.3, -0.25) is 14.6 Å². The van der Waals surface area contributed by atoms with Gasteiger partial charge in [-0.1, -0.05) is 31.5 Å². The quantitative estimate of drug-likeness (QED) is 0.207. The smallest absolute Gasteiger partial charge is 0.322 e. The van der Waals surface area contributed by atoms with Gasteiger partial charge in [0, 0.05) is 49.1 Å². The lowest BCUT2D eigenvalue weighted by molar-refractivity contribution is 0.245. The summed E-state index contributed by atoms with van der Waals surface area (Å²) in [6.07, 6.45) is 11.0. The average Bonchev–Trinajstić information content (AvgIpc) is 3.43. The lowest BCUT2D eigenvalue weighted by Gasteiger charge is -2.24. The van der Waals surface area contributed by atoms with Crippen molar-refractivity contribution in [1.82, 2.24) is 25.1 Å². The Kier molecular flexibility index (Phi) is 10.3. The van der Waals surface area contributed by atoms with E-state index in [2.05, 4.69) is 38.4 Å². The van der Waals surface area contributed by atoms with E-state index in [0.29, 0.717) is 24.5 Å². The van der Waals surface area contributed by atoms with Crippen LogP contribution < -0.4 is 10.2 Å². The van der Waals surface area contributed by atoms with E-state index in [9.17, 15) is 4.79 Å². The molecule has 0 aliphatic rings. The Hall–Kier alpha value is -4.84. The average molecular weight is 549 g/mol. The molecule has 0 radical (unpaired) electrons. The molecular weight excluding hydrogens is 512 g/mol. The molecule has 9 nitrogen and oxygen atoms in total. The zero-order chi connectivity index (χ0) is 29.0. The Labute approximate surface area is 241 Å². The molecule has 1 aromatic carbocycles. The van der Waals surface area contributed by atoms with Crippen LogP contribution >= 0.6 is 0 Å². The summed E-state index contributed by atoms with van der Waals surface area (Å²) < 4.78 is 1.77. The highest BCUT2D eigenvalue weighted by molar-refractivity contribution is 5.92. The number of hydrogen-bond acceptors (Lipinski definition) is 6. The van der Waals surface area contributed by atoms with Crippen LogP contribution in [-0.2, 0) is 13.6 Å². The lowest BCUT2D eigenvalue weighted by Crippen LogP contribution is -2.40.